The zero-order chi connectivity index (χ0) is 17.5. The minimum absolute atomic E-state index is 0.232. The minimum Gasteiger partial charge on any atom is -0.337 e. The van der Waals surface area contributed by atoms with Crippen molar-refractivity contribution in [1.82, 2.24) is 10.3 Å². The molecule has 1 aromatic heterocycles. The number of rotatable bonds is 5. The number of carbonyl (C=O) groups excluding carboxylic acids is 1. The van der Waals surface area contributed by atoms with E-state index in [4.69, 9.17) is 11.6 Å². The number of urea groups is 1. The molecule has 3 rings (SSSR count). The second-order valence-corrected chi connectivity index (χ2v) is 6.98. The number of benzene rings is 1. The van der Waals surface area contributed by atoms with Gasteiger partial charge >= 0.3 is 6.03 Å². The first-order valence-corrected chi connectivity index (χ1v) is 9.32. The predicted octanol–water partition coefficient (Wildman–Crippen LogP) is 5.22. The summed E-state index contributed by atoms with van der Waals surface area (Å²) < 4.78 is 0. The van der Waals surface area contributed by atoms with Crippen LogP contribution >= 0.6 is 11.6 Å². The molecule has 1 aliphatic rings. The Bertz CT molecular complexity index is 686. The summed E-state index contributed by atoms with van der Waals surface area (Å²) in [6.45, 7) is 0.581. The standard InChI is InChI=1S/C20H24ClN3O/c21-17-10-4-5-12-19(17)24-20(25)23-14-16(15-8-2-1-3-9-15)18-11-6-7-13-22-18/h4-7,10-13,15-16H,1-3,8-9,14H2,(H2,23,24,25). The molecule has 1 saturated carbocycles. The Hall–Kier alpha value is -2.07. The second-order valence-electron chi connectivity index (χ2n) is 6.57. The summed E-state index contributed by atoms with van der Waals surface area (Å²) in [6, 6.07) is 13.0. The molecule has 1 aliphatic carbocycles. The Labute approximate surface area is 154 Å². The molecule has 2 aromatic rings. The van der Waals surface area contributed by atoms with E-state index in [9.17, 15) is 4.79 Å². The maximum absolute atomic E-state index is 12.3. The molecule has 1 fully saturated rings. The van der Waals surface area contributed by atoms with E-state index in [-0.39, 0.29) is 11.9 Å². The lowest BCUT2D eigenvalue weighted by Gasteiger charge is -2.30. The van der Waals surface area contributed by atoms with E-state index in [1.807, 2.05) is 30.5 Å². The summed E-state index contributed by atoms with van der Waals surface area (Å²) in [5.74, 6) is 0.822. The molecule has 2 N–H and O–H groups in total. The molecule has 4 nitrogen and oxygen atoms in total. The van der Waals surface area contributed by atoms with Crippen LogP contribution in [0.15, 0.2) is 48.7 Å². The van der Waals surface area contributed by atoms with Crippen LogP contribution in [0.1, 0.15) is 43.7 Å². The Morgan fingerprint density at radius 1 is 1.12 bits per heavy atom. The van der Waals surface area contributed by atoms with E-state index in [1.54, 1.807) is 12.1 Å². The molecule has 0 saturated heterocycles. The number of pyridine rings is 1. The molecular weight excluding hydrogens is 334 g/mol. The van der Waals surface area contributed by atoms with E-state index in [1.165, 1.54) is 32.1 Å². The zero-order valence-corrected chi connectivity index (χ0v) is 15.0. The van der Waals surface area contributed by atoms with Crippen molar-refractivity contribution in [2.45, 2.75) is 38.0 Å². The van der Waals surface area contributed by atoms with Gasteiger partial charge in [-0.15, -0.1) is 0 Å². The van der Waals surface area contributed by atoms with Crippen LogP contribution in [0.3, 0.4) is 0 Å². The van der Waals surface area contributed by atoms with E-state index >= 15 is 0 Å². The van der Waals surface area contributed by atoms with Crippen LogP contribution in [0.2, 0.25) is 5.02 Å². The summed E-state index contributed by atoms with van der Waals surface area (Å²) in [5, 5.41) is 6.36. The average molecular weight is 358 g/mol. The van der Waals surface area contributed by atoms with Gasteiger partial charge in [0.2, 0.25) is 0 Å². The van der Waals surface area contributed by atoms with E-state index < -0.39 is 0 Å². The molecule has 1 atom stereocenters. The SMILES string of the molecule is O=C(NCC(c1ccccn1)C1CCCCC1)Nc1ccccc1Cl. The molecule has 0 bridgehead atoms. The van der Waals surface area contributed by atoms with Gasteiger partial charge < -0.3 is 10.6 Å². The first-order chi connectivity index (χ1) is 12.2. The summed E-state index contributed by atoms with van der Waals surface area (Å²) in [5.41, 5.74) is 1.68. The molecule has 1 heterocycles. The third-order valence-corrected chi connectivity index (χ3v) is 5.22. The van der Waals surface area contributed by atoms with Crippen molar-refractivity contribution in [3.63, 3.8) is 0 Å². The van der Waals surface area contributed by atoms with Crippen molar-refractivity contribution in [2.24, 2.45) is 5.92 Å². The molecule has 132 valence electrons. The number of carbonyl (C=O) groups is 1. The number of hydrogen-bond donors (Lipinski definition) is 2. The van der Waals surface area contributed by atoms with E-state index in [2.05, 4.69) is 21.7 Å². The third kappa shape index (κ3) is 4.95. The number of aromatic nitrogens is 1. The van der Waals surface area contributed by atoms with Crippen molar-refractivity contribution >= 4 is 23.3 Å². The summed E-state index contributed by atoms with van der Waals surface area (Å²) in [7, 11) is 0. The molecule has 5 heteroatoms. The van der Waals surface area contributed by atoms with Crippen LogP contribution in [0, 0.1) is 5.92 Å². The lowest BCUT2D eigenvalue weighted by molar-refractivity contribution is 0.246. The van der Waals surface area contributed by atoms with E-state index in [0.29, 0.717) is 23.2 Å². The molecule has 1 unspecified atom stereocenters. The quantitative estimate of drug-likeness (QED) is 0.770. The smallest absolute Gasteiger partial charge is 0.319 e. The molecule has 0 radical (unpaired) electrons. The van der Waals surface area contributed by atoms with Gasteiger partial charge in [-0.2, -0.15) is 0 Å². The van der Waals surface area contributed by atoms with Crippen LogP contribution in [0.4, 0.5) is 10.5 Å². The number of halogens is 1. The number of nitrogens with zero attached hydrogens (tertiary/aromatic N) is 1. The third-order valence-electron chi connectivity index (χ3n) is 4.89. The van der Waals surface area contributed by atoms with Gasteiger partial charge in [0.15, 0.2) is 0 Å². The highest BCUT2D eigenvalue weighted by Gasteiger charge is 2.26. The molecule has 25 heavy (non-hydrogen) atoms. The first kappa shape index (κ1) is 17.7. The number of hydrogen-bond acceptors (Lipinski definition) is 2. The van der Waals surface area contributed by atoms with Gasteiger partial charge in [-0.25, -0.2) is 4.79 Å². The maximum Gasteiger partial charge on any atom is 0.319 e. The largest absolute Gasteiger partial charge is 0.337 e. The lowest BCUT2D eigenvalue weighted by Crippen LogP contribution is -2.35. The molecular formula is C20H24ClN3O. The Balaban J connectivity index is 1.64. The average Bonchev–Trinajstić information content (AvgIpc) is 2.66. The van der Waals surface area contributed by atoms with Crippen LogP contribution in [0.25, 0.3) is 0 Å². The molecule has 2 amide bonds. The summed E-state index contributed by atoms with van der Waals surface area (Å²) >= 11 is 6.10. The number of nitrogens with one attached hydrogen (secondary N) is 2. The van der Waals surface area contributed by atoms with Crippen molar-refractivity contribution in [2.75, 3.05) is 11.9 Å². The van der Waals surface area contributed by atoms with Crippen LogP contribution < -0.4 is 10.6 Å². The summed E-state index contributed by atoms with van der Waals surface area (Å²) in [4.78, 5) is 16.8. The van der Waals surface area contributed by atoms with Crippen molar-refractivity contribution in [1.29, 1.82) is 0 Å². The van der Waals surface area contributed by atoms with Crippen LogP contribution in [-0.4, -0.2) is 17.6 Å². The van der Waals surface area contributed by atoms with Gasteiger partial charge in [0.05, 0.1) is 10.7 Å². The maximum atomic E-state index is 12.3. The second kappa shape index (κ2) is 8.86. The van der Waals surface area contributed by atoms with Crippen molar-refractivity contribution in [3.8, 4) is 0 Å². The van der Waals surface area contributed by atoms with E-state index in [0.717, 1.165) is 5.69 Å². The van der Waals surface area contributed by atoms with Crippen molar-refractivity contribution in [3.05, 3.63) is 59.4 Å². The first-order valence-electron chi connectivity index (χ1n) is 8.94. The van der Waals surface area contributed by atoms with Gasteiger partial charge in [-0.1, -0.05) is 49.1 Å². The monoisotopic (exact) mass is 357 g/mol. The predicted molar refractivity (Wildman–Crippen MR) is 102 cm³/mol. The number of amides is 2. The van der Waals surface area contributed by atoms with Gasteiger partial charge in [0.25, 0.3) is 0 Å². The van der Waals surface area contributed by atoms with Gasteiger partial charge in [-0.3, -0.25) is 4.98 Å². The Morgan fingerprint density at radius 2 is 1.88 bits per heavy atom. The zero-order valence-electron chi connectivity index (χ0n) is 14.2. The van der Waals surface area contributed by atoms with Gasteiger partial charge in [-0.05, 0) is 43.0 Å². The van der Waals surface area contributed by atoms with Crippen LogP contribution in [-0.2, 0) is 0 Å². The lowest BCUT2D eigenvalue weighted by atomic mass is 9.78. The number of para-hydroxylation sites is 1. The highest BCUT2D eigenvalue weighted by Crippen LogP contribution is 2.35. The Morgan fingerprint density at radius 3 is 2.60 bits per heavy atom. The highest BCUT2D eigenvalue weighted by atomic mass is 35.5. The number of anilines is 1. The normalized spacial score (nSPS) is 16.2. The minimum atomic E-state index is -0.232. The highest BCUT2D eigenvalue weighted by molar-refractivity contribution is 6.33. The summed E-state index contributed by atoms with van der Waals surface area (Å²) in [6.07, 6.45) is 8.07. The molecule has 0 spiro atoms. The molecule has 0 aliphatic heterocycles. The Kier molecular flexibility index (Phi) is 6.29. The van der Waals surface area contributed by atoms with Crippen LogP contribution in [0.5, 0.6) is 0 Å². The van der Waals surface area contributed by atoms with Crippen molar-refractivity contribution < 1.29 is 4.79 Å². The fourth-order valence-electron chi connectivity index (χ4n) is 3.58. The molecule has 1 aromatic carbocycles. The topological polar surface area (TPSA) is 54.0 Å². The fraction of sp³-hybridized carbons (Fsp3) is 0.400. The van der Waals surface area contributed by atoms with Gasteiger partial charge in [0.1, 0.15) is 0 Å². The fourth-order valence-corrected chi connectivity index (χ4v) is 3.76. The van der Waals surface area contributed by atoms with Gasteiger partial charge in [0, 0.05) is 24.4 Å².